The van der Waals surface area contributed by atoms with Crippen molar-refractivity contribution in [3.05, 3.63) is 51.8 Å². The van der Waals surface area contributed by atoms with Gasteiger partial charge in [0, 0.05) is 35.3 Å². The van der Waals surface area contributed by atoms with Gasteiger partial charge in [-0.25, -0.2) is 0 Å². The summed E-state index contributed by atoms with van der Waals surface area (Å²) in [6.45, 7) is 2.21. The molecule has 1 saturated heterocycles. The number of methoxy groups -OCH3 is 1. The average Bonchev–Trinajstić information content (AvgIpc) is 3.35. The number of nitrogens with zero attached hydrogens (tertiary/aromatic N) is 1. The number of thiophene rings is 1. The third-order valence-electron chi connectivity index (χ3n) is 5.86. The van der Waals surface area contributed by atoms with Crippen LogP contribution in [0.15, 0.2) is 35.7 Å². The number of fused-ring (bicyclic) bond motifs is 3. The summed E-state index contributed by atoms with van der Waals surface area (Å²) in [6, 6.07) is 9.92. The summed E-state index contributed by atoms with van der Waals surface area (Å²) >= 11 is 1.83. The molecule has 2 aromatic heterocycles. The second-order valence-corrected chi connectivity index (χ2v) is 8.28. The monoisotopic (exact) mass is 382 g/mol. The number of H-pyrrole nitrogens is 1. The van der Waals surface area contributed by atoms with E-state index in [4.69, 9.17) is 9.47 Å². The van der Waals surface area contributed by atoms with Crippen LogP contribution in [0.1, 0.15) is 33.8 Å². The SMILES string of the molecule is COc1ccc2[nH]c(C(=O)N3CCC4(CC3)OCCc3sccc34)cc2c1. The van der Waals surface area contributed by atoms with Gasteiger partial charge in [0.2, 0.25) is 0 Å². The van der Waals surface area contributed by atoms with Crippen LogP contribution in [0, 0.1) is 0 Å². The fraction of sp³-hybridized carbons (Fsp3) is 0.381. The van der Waals surface area contributed by atoms with Crippen LogP contribution in [0.2, 0.25) is 0 Å². The summed E-state index contributed by atoms with van der Waals surface area (Å²) in [5.41, 5.74) is 2.74. The molecule has 0 radical (unpaired) electrons. The lowest BCUT2D eigenvalue weighted by Crippen LogP contribution is -2.48. The minimum Gasteiger partial charge on any atom is -0.497 e. The van der Waals surface area contributed by atoms with Gasteiger partial charge in [-0.2, -0.15) is 0 Å². The topological polar surface area (TPSA) is 54.6 Å². The van der Waals surface area contributed by atoms with Crippen molar-refractivity contribution in [1.29, 1.82) is 0 Å². The van der Waals surface area contributed by atoms with Gasteiger partial charge in [0.1, 0.15) is 11.4 Å². The molecule has 0 bridgehead atoms. The minimum atomic E-state index is -0.196. The first kappa shape index (κ1) is 16.8. The summed E-state index contributed by atoms with van der Waals surface area (Å²) in [5, 5.41) is 3.15. The van der Waals surface area contributed by atoms with E-state index in [0.717, 1.165) is 42.5 Å². The van der Waals surface area contributed by atoms with E-state index in [1.54, 1.807) is 7.11 Å². The number of carbonyl (C=O) groups is 1. The smallest absolute Gasteiger partial charge is 0.270 e. The van der Waals surface area contributed by atoms with Gasteiger partial charge in [-0.3, -0.25) is 4.79 Å². The Morgan fingerprint density at radius 3 is 2.93 bits per heavy atom. The Labute approximate surface area is 161 Å². The number of ether oxygens (including phenoxy) is 2. The molecule has 0 unspecified atom stereocenters. The van der Waals surface area contributed by atoms with E-state index in [0.29, 0.717) is 18.8 Å². The van der Waals surface area contributed by atoms with Gasteiger partial charge in [0.15, 0.2) is 0 Å². The number of rotatable bonds is 2. The summed E-state index contributed by atoms with van der Waals surface area (Å²) < 4.78 is 11.5. The number of aromatic nitrogens is 1. The van der Waals surface area contributed by atoms with Crippen molar-refractivity contribution in [2.45, 2.75) is 24.9 Å². The number of carbonyl (C=O) groups excluding carboxylic acids is 1. The number of aromatic amines is 1. The van der Waals surface area contributed by atoms with Crippen molar-refractivity contribution < 1.29 is 14.3 Å². The van der Waals surface area contributed by atoms with Gasteiger partial charge in [-0.15, -0.1) is 11.3 Å². The number of hydrogen-bond donors (Lipinski definition) is 1. The average molecular weight is 382 g/mol. The molecule has 6 heteroatoms. The predicted molar refractivity (Wildman–Crippen MR) is 106 cm³/mol. The molecule has 3 aromatic rings. The van der Waals surface area contributed by atoms with Crippen molar-refractivity contribution in [3.8, 4) is 5.75 Å². The molecule has 1 fully saturated rings. The largest absolute Gasteiger partial charge is 0.497 e. The molecule has 27 heavy (non-hydrogen) atoms. The van der Waals surface area contributed by atoms with Crippen LogP contribution >= 0.6 is 11.3 Å². The molecule has 1 amide bonds. The van der Waals surface area contributed by atoms with E-state index >= 15 is 0 Å². The van der Waals surface area contributed by atoms with Gasteiger partial charge in [0.05, 0.1) is 19.3 Å². The molecule has 0 aliphatic carbocycles. The van der Waals surface area contributed by atoms with Crippen LogP contribution < -0.4 is 4.74 Å². The first-order valence-corrected chi connectivity index (χ1v) is 10.2. The molecule has 140 valence electrons. The Bertz CT molecular complexity index is 998. The van der Waals surface area contributed by atoms with Crippen molar-refractivity contribution in [1.82, 2.24) is 9.88 Å². The van der Waals surface area contributed by atoms with Crippen LogP contribution in [0.25, 0.3) is 10.9 Å². The maximum atomic E-state index is 13.0. The summed E-state index contributed by atoms with van der Waals surface area (Å²) in [4.78, 5) is 19.7. The lowest BCUT2D eigenvalue weighted by atomic mass is 9.82. The highest BCUT2D eigenvalue weighted by molar-refractivity contribution is 7.10. The van der Waals surface area contributed by atoms with Crippen LogP contribution in [0.4, 0.5) is 0 Å². The van der Waals surface area contributed by atoms with Crippen molar-refractivity contribution in [3.63, 3.8) is 0 Å². The number of piperidine rings is 1. The Morgan fingerprint density at radius 2 is 2.11 bits per heavy atom. The second-order valence-electron chi connectivity index (χ2n) is 7.28. The first-order chi connectivity index (χ1) is 13.2. The molecule has 0 atom stereocenters. The zero-order valence-corrected chi connectivity index (χ0v) is 16.1. The van der Waals surface area contributed by atoms with E-state index in [2.05, 4.69) is 16.4 Å². The lowest BCUT2D eigenvalue weighted by Gasteiger charge is -2.44. The molecule has 1 N–H and O–H groups in total. The van der Waals surface area contributed by atoms with Gasteiger partial charge in [0.25, 0.3) is 5.91 Å². The van der Waals surface area contributed by atoms with Crippen LogP contribution in [-0.4, -0.2) is 42.6 Å². The molecule has 2 aliphatic rings. The molecular formula is C21H22N2O3S. The summed E-state index contributed by atoms with van der Waals surface area (Å²) in [6.07, 6.45) is 2.73. The highest BCUT2D eigenvalue weighted by Gasteiger charge is 2.42. The van der Waals surface area contributed by atoms with Crippen molar-refractivity contribution in [2.24, 2.45) is 0 Å². The predicted octanol–water partition coefficient (Wildman–Crippen LogP) is 3.94. The summed E-state index contributed by atoms with van der Waals surface area (Å²) in [7, 11) is 1.65. The standard InChI is InChI=1S/C21H22N2O3S/c1-25-15-2-3-17-14(12-15)13-18(22-17)20(24)23-8-6-21(7-9-23)16-5-11-27-19(16)4-10-26-21/h2-3,5,11-13,22H,4,6-10H2,1H3. The molecule has 1 spiro atoms. The Kier molecular flexibility index (Phi) is 3.98. The molecule has 4 heterocycles. The maximum absolute atomic E-state index is 13.0. The molecule has 5 rings (SSSR count). The fourth-order valence-electron chi connectivity index (χ4n) is 4.36. The molecule has 5 nitrogen and oxygen atoms in total. The third-order valence-corrected chi connectivity index (χ3v) is 6.84. The summed E-state index contributed by atoms with van der Waals surface area (Å²) in [5.74, 6) is 0.850. The third kappa shape index (κ3) is 2.75. The highest BCUT2D eigenvalue weighted by Crippen LogP contribution is 2.43. The fourth-order valence-corrected chi connectivity index (χ4v) is 5.32. The van der Waals surface area contributed by atoms with Gasteiger partial charge in [-0.05, 0) is 54.1 Å². The second kappa shape index (κ2) is 6.39. The zero-order valence-electron chi connectivity index (χ0n) is 15.3. The van der Waals surface area contributed by atoms with E-state index in [9.17, 15) is 4.79 Å². The lowest BCUT2D eigenvalue weighted by molar-refractivity contribution is -0.0926. The number of likely N-dealkylation sites (tertiary alicyclic amines) is 1. The zero-order chi connectivity index (χ0) is 18.4. The minimum absolute atomic E-state index is 0.0568. The van der Waals surface area contributed by atoms with E-state index in [1.165, 1.54) is 10.4 Å². The quantitative estimate of drug-likeness (QED) is 0.730. The first-order valence-electron chi connectivity index (χ1n) is 9.35. The molecular weight excluding hydrogens is 360 g/mol. The molecule has 2 aliphatic heterocycles. The Balaban J connectivity index is 1.35. The van der Waals surface area contributed by atoms with Crippen molar-refractivity contribution >= 4 is 28.1 Å². The van der Waals surface area contributed by atoms with Crippen LogP contribution in [0.3, 0.4) is 0 Å². The van der Waals surface area contributed by atoms with Crippen LogP contribution in [0.5, 0.6) is 5.75 Å². The van der Waals surface area contributed by atoms with Gasteiger partial charge >= 0.3 is 0 Å². The van der Waals surface area contributed by atoms with E-state index in [1.807, 2.05) is 40.5 Å². The van der Waals surface area contributed by atoms with Gasteiger partial charge < -0.3 is 19.4 Å². The molecule has 0 saturated carbocycles. The molecule has 1 aromatic carbocycles. The normalized spacial score (nSPS) is 18.6. The number of nitrogens with one attached hydrogen (secondary N) is 1. The Hall–Kier alpha value is -2.31. The number of benzene rings is 1. The number of hydrogen-bond acceptors (Lipinski definition) is 4. The van der Waals surface area contributed by atoms with E-state index < -0.39 is 0 Å². The number of amides is 1. The van der Waals surface area contributed by atoms with Crippen LogP contribution in [-0.2, 0) is 16.8 Å². The highest BCUT2D eigenvalue weighted by atomic mass is 32.1. The Morgan fingerprint density at radius 1 is 1.26 bits per heavy atom. The van der Waals surface area contributed by atoms with Crippen molar-refractivity contribution in [2.75, 3.05) is 26.8 Å². The van der Waals surface area contributed by atoms with E-state index in [-0.39, 0.29) is 11.5 Å². The van der Waals surface area contributed by atoms with Gasteiger partial charge in [-0.1, -0.05) is 0 Å². The maximum Gasteiger partial charge on any atom is 0.270 e.